The molecule has 1 aromatic heterocycles. The molecule has 0 aliphatic carbocycles. The van der Waals surface area contributed by atoms with Crippen LogP contribution in [-0.4, -0.2) is 19.3 Å². The van der Waals surface area contributed by atoms with Gasteiger partial charge in [0.1, 0.15) is 5.69 Å². The summed E-state index contributed by atoms with van der Waals surface area (Å²) in [5.74, 6) is -0.770. The van der Waals surface area contributed by atoms with E-state index in [1.54, 1.807) is 24.3 Å². The van der Waals surface area contributed by atoms with Gasteiger partial charge in [0, 0.05) is 24.0 Å². The lowest BCUT2D eigenvalue weighted by Gasteiger charge is -2.13. The molecule has 4 rings (SSSR count). The van der Waals surface area contributed by atoms with E-state index in [-0.39, 0.29) is 23.5 Å². The van der Waals surface area contributed by atoms with Crippen molar-refractivity contribution in [3.63, 3.8) is 0 Å². The molecule has 0 radical (unpaired) electrons. The zero-order valence-electron chi connectivity index (χ0n) is 20.7. The van der Waals surface area contributed by atoms with E-state index in [0.717, 1.165) is 23.4 Å². The molecule has 0 aliphatic heterocycles. The van der Waals surface area contributed by atoms with Crippen molar-refractivity contribution in [2.45, 2.75) is 24.9 Å². The lowest BCUT2D eigenvalue weighted by Crippen LogP contribution is -2.23. The average Bonchev–Trinajstić information content (AvgIpc) is 2.91. The van der Waals surface area contributed by atoms with E-state index in [0.29, 0.717) is 27.6 Å². The third-order valence-corrected chi connectivity index (χ3v) is 7.96. The van der Waals surface area contributed by atoms with Gasteiger partial charge in [-0.3, -0.25) is 14.5 Å². The minimum atomic E-state index is -4.54. The molecule has 40 heavy (non-hydrogen) atoms. The van der Waals surface area contributed by atoms with Crippen LogP contribution in [-0.2, 0) is 34.9 Å². The van der Waals surface area contributed by atoms with Gasteiger partial charge in [-0.05, 0) is 65.1 Å². The summed E-state index contributed by atoms with van der Waals surface area (Å²) in [7, 11) is -3.81. The molecule has 4 aromatic rings. The second-order valence-corrected chi connectivity index (χ2v) is 11.3. The summed E-state index contributed by atoms with van der Waals surface area (Å²) in [5.41, 5.74) is 2.03. The van der Waals surface area contributed by atoms with Gasteiger partial charge in [0.25, 0.3) is 5.91 Å². The summed E-state index contributed by atoms with van der Waals surface area (Å²) in [5, 5.41) is 3.42. The van der Waals surface area contributed by atoms with E-state index < -0.39 is 27.8 Å². The molecule has 0 aliphatic rings. The number of carbonyl (C=O) groups is 1. The number of nitrogens with one attached hydrogen (secondary N) is 2. The number of benzene rings is 3. The number of hydrogen-bond donors (Lipinski definition) is 2. The van der Waals surface area contributed by atoms with Crippen LogP contribution in [0.3, 0.4) is 0 Å². The first kappa shape index (κ1) is 29.4. The molecule has 1 heterocycles. The summed E-state index contributed by atoms with van der Waals surface area (Å²) in [4.78, 5) is 15.8. The van der Waals surface area contributed by atoms with Crippen molar-refractivity contribution in [1.29, 1.82) is 0 Å². The van der Waals surface area contributed by atoms with E-state index in [1.807, 2.05) is 18.2 Å². The zero-order chi connectivity index (χ0) is 28.9. The Morgan fingerprint density at radius 2 is 1.52 bits per heavy atom. The van der Waals surface area contributed by atoms with E-state index in [1.165, 1.54) is 30.3 Å². The predicted molar refractivity (Wildman–Crippen MR) is 149 cm³/mol. The fourth-order valence-corrected chi connectivity index (χ4v) is 5.50. The summed E-state index contributed by atoms with van der Waals surface area (Å²) in [6, 6.07) is 20.3. The molecule has 3 aromatic carbocycles. The van der Waals surface area contributed by atoms with Crippen molar-refractivity contribution in [2.24, 2.45) is 0 Å². The van der Waals surface area contributed by atoms with E-state index in [2.05, 4.69) is 15.0 Å². The molecular weight excluding hydrogens is 586 g/mol. The number of pyridine rings is 1. The number of sulfonamides is 1. The van der Waals surface area contributed by atoms with E-state index in [9.17, 15) is 26.4 Å². The van der Waals surface area contributed by atoms with Gasteiger partial charge < -0.3 is 5.32 Å². The molecule has 0 saturated carbocycles. The Labute approximate surface area is 239 Å². The van der Waals surface area contributed by atoms with E-state index in [4.69, 9.17) is 23.2 Å². The quantitative estimate of drug-likeness (QED) is 0.217. The third-order valence-electron chi connectivity index (χ3n) is 5.87. The Hall–Kier alpha value is -3.60. The molecule has 1 amide bonds. The summed E-state index contributed by atoms with van der Waals surface area (Å²) < 4.78 is 66.3. The molecule has 12 heteroatoms. The molecule has 0 saturated heterocycles. The molecule has 6 nitrogen and oxygen atoms in total. The zero-order valence-corrected chi connectivity index (χ0v) is 23.0. The van der Waals surface area contributed by atoms with Crippen LogP contribution in [0, 0.1) is 0 Å². The number of anilines is 1. The largest absolute Gasteiger partial charge is 0.433 e. The SMILES string of the molecule is O=C(NCc1ccc(C(F)(F)F)nc1)c1ccc(NS(=O)(=O)Cc2ccccc2Cc2cccc(Cl)c2Cl)cc1. The topological polar surface area (TPSA) is 88.2 Å². The van der Waals surface area contributed by atoms with Crippen LogP contribution in [0.4, 0.5) is 18.9 Å². The fourth-order valence-electron chi connectivity index (χ4n) is 3.85. The summed E-state index contributed by atoms with van der Waals surface area (Å²) in [6.07, 6.45) is -3.10. The predicted octanol–water partition coefficient (Wildman–Crippen LogP) is 6.87. The Balaban J connectivity index is 1.37. The molecule has 0 unspecified atom stereocenters. The van der Waals surface area contributed by atoms with Gasteiger partial charge in [0.2, 0.25) is 10.0 Å². The van der Waals surface area contributed by atoms with Gasteiger partial charge in [-0.1, -0.05) is 65.7 Å². The van der Waals surface area contributed by atoms with Crippen LogP contribution >= 0.6 is 23.2 Å². The molecule has 2 N–H and O–H groups in total. The first-order chi connectivity index (χ1) is 18.9. The number of amides is 1. The van der Waals surface area contributed by atoms with Crippen LogP contribution in [0.1, 0.15) is 38.3 Å². The van der Waals surface area contributed by atoms with Crippen molar-refractivity contribution < 1.29 is 26.4 Å². The standard InChI is InChI=1S/C28H22Cl2F3N3O3S/c29-24-7-3-6-21(26(24)30)14-20-4-1-2-5-22(20)17-40(38,39)36-23-11-9-19(10-12-23)27(37)35-16-18-8-13-25(34-15-18)28(31,32)33/h1-13,15,36H,14,16-17H2,(H,35,37). The molecular formula is C28H22Cl2F3N3O3S. The summed E-state index contributed by atoms with van der Waals surface area (Å²) >= 11 is 12.4. The van der Waals surface area contributed by atoms with Gasteiger partial charge in [-0.2, -0.15) is 13.2 Å². The highest BCUT2D eigenvalue weighted by Gasteiger charge is 2.32. The normalized spacial score (nSPS) is 11.7. The minimum Gasteiger partial charge on any atom is -0.348 e. The number of rotatable bonds is 9. The molecule has 208 valence electrons. The maximum atomic E-state index is 12.9. The Kier molecular flexibility index (Phi) is 9.02. The maximum Gasteiger partial charge on any atom is 0.433 e. The number of hydrogen-bond acceptors (Lipinski definition) is 4. The smallest absolute Gasteiger partial charge is 0.348 e. The molecule has 0 fully saturated rings. The van der Waals surface area contributed by atoms with Gasteiger partial charge in [0.15, 0.2) is 0 Å². The Bertz CT molecular complexity index is 1610. The van der Waals surface area contributed by atoms with Crippen molar-refractivity contribution in [1.82, 2.24) is 10.3 Å². The lowest BCUT2D eigenvalue weighted by molar-refractivity contribution is -0.141. The highest BCUT2D eigenvalue weighted by molar-refractivity contribution is 7.91. The number of halogens is 5. The lowest BCUT2D eigenvalue weighted by atomic mass is 10.0. The molecule has 0 atom stereocenters. The summed E-state index contributed by atoms with van der Waals surface area (Å²) in [6.45, 7) is -0.0296. The van der Waals surface area contributed by atoms with Gasteiger partial charge in [-0.15, -0.1) is 0 Å². The number of aromatic nitrogens is 1. The minimum absolute atomic E-state index is 0.0296. The highest BCUT2D eigenvalue weighted by Crippen LogP contribution is 2.29. The Morgan fingerprint density at radius 1 is 0.850 bits per heavy atom. The average molecular weight is 608 g/mol. The van der Waals surface area contributed by atoms with E-state index >= 15 is 0 Å². The van der Waals surface area contributed by atoms with Gasteiger partial charge >= 0.3 is 6.18 Å². The van der Waals surface area contributed by atoms with Gasteiger partial charge in [-0.25, -0.2) is 8.42 Å². The molecule has 0 spiro atoms. The van der Waals surface area contributed by atoms with Crippen LogP contribution in [0.25, 0.3) is 0 Å². The van der Waals surface area contributed by atoms with Crippen molar-refractivity contribution >= 4 is 44.8 Å². The van der Waals surface area contributed by atoms with Crippen molar-refractivity contribution in [2.75, 3.05) is 4.72 Å². The molecule has 0 bridgehead atoms. The van der Waals surface area contributed by atoms with Gasteiger partial charge in [0.05, 0.1) is 15.8 Å². The Morgan fingerprint density at radius 3 is 2.17 bits per heavy atom. The van der Waals surface area contributed by atoms with Crippen molar-refractivity contribution in [3.8, 4) is 0 Å². The van der Waals surface area contributed by atoms with Crippen LogP contribution in [0.2, 0.25) is 10.0 Å². The second-order valence-electron chi connectivity index (χ2n) is 8.83. The second kappa shape index (κ2) is 12.3. The van der Waals surface area contributed by atoms with Crippen LogP contribution in [0.15, 0.2) is 85.1 Å². The maximum absolute atomic E-state index is 12.9. The van der Waals surface area contributed by atoms with Crippen LogP contribution < -0.4 is 10.0 Å². The van der Waals surface area contributed by atoms with Crippen molar-refractivity contribution in [3.05, 3.63) is 129 Å². The number of nitrogens with zero attached hydrogens (tertiary/aromatic N) is 1. The third kappa shape index (κ3) is 7.74. The first-order valence-electron chi connectivity index (χ1n) is 11.8. The van der Waals surface area contributed by atoms with Crippen LogP contribution in [0.5, 0.6) is 0 Å². The highest BCUT2D eigenvalue weighted by atomic mass is 35.5. The fraction of sp³-hybridized carbons (Fsp3) is 0.143. The monoisotopic (exact) mass is 607 g/mol. The first-order valence-corrected chi connectivity index (χ1v) is 14.2. The number of alkyl halides is 3. The number of carbonyl (C=O) groups excluding carboxylic acids is 1.